The van der Waals surface area contributed by atoms with E-state index in [1.54, 1.807) is 0 Å². The van der Waals surface area contributed by atoms with Crippen LogP contribution >= 0.6 is 0 Å². The van der Waals surface area contributed by atoms with Gasteiger partial charge in [-0.15, -0.1) is 0 Å². The van der Waals surface area contributed by atoms with Gasteiger partial charge in [-0.05, 0) is 49.9 Å². The maximum Gasteiger partial charge on any atom is 0.514 e. The number of hydrogen-bond donors (Lipinski definition) is 0. The molecule has 1 saturated carbocycles. The molecule has 0 aromatic heterocycles. The summed E-state index contributed by atoms with van der Waals surface area (Å²) in [4.78, 5) is 44.9. The lowest BCUT2D eigenvalue weighted by molar-refractivity contribution is -0.385. The van der Waals surface area contributed by atoms with Gasteiger partial charge in [-0.1, -0.05) is 12.8 Å². The Kier molecular flexibility index (Phi) is 8.32. The molecule has 2 atom stereocenters. The fourth-order valence-corrected chi connectivity index (χ4v) is 3.45. The number of carbonyl (C=O) groups is 2. The smallest absolute Gasteiger partial charge is 0.427 e. The number of benzene rings is 2. The molecule has 2 unspecified atom stereocenters. The van der Waals surface area contributed by atoms with E-state index < -0.39 is 34.4 Å². The molecule has 0 amide bonds. The minimum absolute atomic E-state index is 0.0662. The zero-order chi connectivity index (χ0) is 24.5. The Morgan fingerprint density at radius 1 is 0.647 bits per heavy atom. The van der Waals surface area contributed by atoms with E-state index in [9.17, 15) is 29.8 Å². The van der Waals surface area contributed by atoms with Gasteiger partial charge in [0.15, 0.2) is 0 Å². The van der Waals surface area contributed by atoms with Crippen LogP contribution in [-0.2, 0) is 9.47 Å². The van der Waals surface area contributed by atoms with Crippen LogP contribution < -0.4 is 9.47 Å². The Balaban J connectivity index is 1.60. The molecule has 0 radical (unpaired) electrons. The highest BCUT2D eigenvalue weighted by Crippen LogP contribution is 2.25. The predicted octanol–water partition coefficient (Wildman–Crippen LogP) is 5.33. The van der Waals surface area contributed by atoms with Gasteiger partial charge in [-0.3, -0.25) is 20.2 Å². The van der Waals surface area contributed by atoms with Crippen LogP contribution in [0.4, 0.5) is 21.0 Å². The van der Waals surface area contributed by atoms with Crippen LogP contribution in [0.25, 0.3) is 0 Å². The Hall–Kier alpha value is -4.22. The first-order valence-corrected chi connectivity index (χ1v) is 10.6. The summed E-state index contributed by atoms with van der Waals surface area (Å²) in [7, 11) is 0. The molecule has 12 nitrogen and oxygen atoms in total. The van der Waals surface area contributed by atoms with Gasteiger partial charge in [0.05, 0.1) is 9.85 Å². The molecule has 0 bridgehead atoms. The minimum atomic E-state index is -1.03. The Bertz CT molecular complexity index is 939. The summed E-state index contributed by atoms with van der Waals surface area (Å²) in [6, 6.07) is 9.86. The number of nitro benzene ring substituents is 2. The molecule has 34 heavy (non-hydrogen) atoms. The zero-order valence-electron chi connectivity index (χ0n) is 18.0. The highest BCUT2D eigenvalue weighted by Gasteiger charge is 2.31. The molecule has 0 aliphatic heterocycles. The second-order valence-corrected chi connectivity index (χ2v) is 7.51. The molecule has 3 rings (SSSR count). The number of rotatable bonds is 6. The largest absolute Gasteiger partial charge is 0.514 e. The molecule has 2 aromatic rings. The van der Waals surface area contributed by atoms with E-state index in [0.29, 0.717) is 12.8 Å². The van der Waals surface area contributed by atoms with Crippen molar-refractivity contribution in [3.8, 4) is 11.5 Å². The molecule has 1 aliphatic carbocycles. The number of hydrogen-bond acceptors (Lipinski definition) is 10. The van der Waals surface area contributed by atoms with Crippen LogP contribution in [0.15, 0.2) is 48.5 Å². The molecule has 2 aromatic carbocycles. The summed E-state index contributed by atoms with van der Waals surface area (Å²) in [6.07, 6.45) is 0.586. The summed E-state index contributed by atoms with van der Waals surface area (Å²) in [5.74, 6) is 0.132. The minimum Gasteiger partial charge on any atom is -0.427 e. The Morgan fingerprint density at radius 2 is 1.00 bits per heavy atom. The fraction of sp³-hybridized carbons (Fsp3) is 0.364. The number of ether oxygens (including phenoxy) is 4. The van der Waals surface area contributed by atoms with Crippen molar-refractivity contribution in [2.75, 3.05) is 0 Å². The molecule has 0 spiro atoms. The quantitative estimate of drug-likeness (QED) is 0.232. The van der Waals surface area contributed by atoms with Gasteiger partial charge in [-0.25, -0.2) is 9.59 Å². The third kappa shape index (κ3) is 7.15. The van der Waals surface area contributed by atoms with Gasteiger partial charge in [0, 0.05) is 24.3 Å². The van der Waals surface area contributed by atoms with E-state index >= 15 is 0 Å². The first-order chi connectivity index (χ1) is 16.3. The van der Waals surface area contributed by atoms with E-state index in [1.165, 1.54) is 48.5 Å². The van der Waals surface area contributed by atoms with Crippen LogP contribution in [0, 0.1) is 20.2 Å². The van der Waals surface area contributed by atoms with Gasteiger partial charge in [0.25, 0.3) is 11.4 Å². The van der Waals surface area contributed by atoms with Crippen LogP contribution in [0.5, 0.6) is 11.5 Å². The summed E-state index contributed by atoms with van der Waals surface area (Å²) in [5, 5.41) is 21.5. The number of carbonyl (C=O) groups excluding carboxylic acids is 2. The first-order valence-electron chi connectivity index (χ1n) is 10.6. The molecular weight excluding hydrogens is 452 g/mol. The van der Waals surface area contributed by atoms with Crippen LogP contribution in [0.3, 0.4) is 0 Å². The van der Waals surface area contributed by atoms with Crippen molar-refractivity contribution < 1.29 is 38.4 Å². The van der Waals surface area contributed by atoms with Gasteiger partial charge >= 0.3 is 12.3 Å². The van der Waals surface area contributed by atoms with Crippen molar-refractivity contribution in [2.24, 2.45) is 0 Å². The average molecular weight is 474 g/mol. The highest BCUT2D eigenvalue weighted by atomic mass is 16.8. The Labute approximate surface area is 193 Å². The average Bonchev–Trinajstić information content (AvgIpc) is 2.78. The van der Waals surface area contributed by atoms with Crippen LogP contribution in [0.1, 0.15) is 38.5 Å². The fourth-order valence-electron chi connectivity index (χ4n) is 3.45. The van der Waals surface area contributed by atoms with Crippen molar-refractivity contribution in [2.45, 2.75) is 50.7 Å². The van der Waals surface area contributed by atoms with Gasteiger partial charge in [0.2, 0.25) is 0 Å². The van der Waals surface area contributed by atoms with Crippen LogP contribution in [-0.4, -0.2) is 34.4 Å². The first kappa shape index (κ1) is 24.4. The van der Waals surface area contributed by atoms with Crippen molar-refractivity contribution >= 4 is 23.7 Å². The molecule has 12 heteroatoms. The molecular formula is C22H22N2O10. The van der Waals surface area contributed by atoms with Crippen molar-refractivity contribution in [3.05, 3.63) is 68.8 Å². The predicted molar refractivity (Wildman–Crippen MR) is 116 cm³/mol. The third-order valence-corrected chi connectivity index (χ3v) is 5.13. The molecule has 0 N–H and O–H groups in total. The van der Waals surface area contributed by atoms with E-state index in [4.69, 9.17) is 18.9 Å². The van der Waals surface area contributed by atoms with Crippen LogP contribution in [0.2, 0.25) is 0 Å². The molecule has 0 saturated heterocycles. The Morgan fingerprint density at radius 3 is 1.32 bits per heavy atom. The number of non-ortho nitro benzene ring substituents is 2. The van der Waals surface area contributed by atoms with E-state index in [1.807, 2.05) is 0 Å². The SMILES string of the molecule is O=C(Oc1ccc([N+](=O)[O-])cc1)OC1CCCCCCC1OC(=O)Oc1ccc([N+](=O)[O-])cc1. The third-order valence-electron chi connectivity index (χ3n) is 5.13. The summed E-state index contributed by atoms with van der Waals surface area (Å²) in [5.41, 5.74) is -0.304. The lowest BCUT2D eigenvalue weighted by Crippen LogP contribution is -2.37. The molecule has 180 valence electrons. The van der Waals surface area contributed by atoms with Crippen molar-refractivity contribution in [3.63, 3.8) is 0 Å². The summed E-state index contributed by atoms with van der Waals surface area (Å²) < 4.78 is 21.0. The maximum atomic E-state index is 12.3. The molecule has 1 aliphatic rings. The van der Waals surface area contributed by atoms with Gasteiger partial charge < -0.3 is 18.9 Å². The maximum absolute atomic E-state index is 12.3. The van der Waals surface area contributed by atoms with E-state index in [-0.39, 0.29) is 22.9 Å². The lowest BCUT2D eigenvalue weighted by atomic mass is 9.96. The monoisotopic (exact) mass is 474 g/mol. The summed E-state index contributed by atoms with van der Waals surface area (Å²) >= 11 is 0. The van der Waals surface area contributed by atoms with Crippen molar-refractivity contribution in [1.29, 1.82) is 0 Å². The van der Waals surface area contributed by atoms with Gasteiger partial charge in [0.1, 0.15) is 23.7 Å². The molecule has 0 heterocycles. The normalized spacial score (nSPS) is 18.0. The van der Waals surface area contributed by atoms with E-state index in [2.05, 4.69) is 0 Å². The van der Waals surface area contributed by atoms with E-state index in [0.717, 1.165) is 25.7 Å². The van der Waals surface area contributed by atoms with Gasteiger partial charge in [-0.2, -0.15) is 0 Å². The standard InChI is InChI=1S/C22H22N2O10/c25-21(31-17-11-7-15(8-12-17)23(27)28)33-19-5-3-1-2-4-6-20(19)34-22(26)32-18-13-9-16(10-14-18)24(29)30/h7-14,19-20H,1-6H2. The lowest BCUT2D eigenvalue weighted by Gasteiger charge is -2.28. The zero-order valence-corrected chi connectivity index (χ0v) is 18.0. The second kappa shape index (κ2) is 11.6. The summed E-state index contributed by atoms with van der Waals surface area (Å²) in [6.45, 7) is 0. The second-order valence-electron chi connectivity index (χ2n) is 7.51. The highest BCUT2D eigenvalue weighted by molar-refractivity contribution is 5.65. The number of nitro groups is 2. The topological polar surface area (TPSA) is 157 Å². The number of nitrogens with zero attached hydrogens (tertiary/aromatic N) is 2. The van der Waals surface area contributed by atoms with Crippen molar-refractivity contribution in [1.82, 2.24) is 0 Å². The molecule has 1 fully saturated rings.